The van der Waals surface area contributed by atoms with Crippen LogP contribution in [0.15, 0.2) is 22.7 Å². The summed E-state index contributed by atoms with van der Waals surface area (Å²) in [5.41, 5.74) is -0.903. The van der Waals surface area contributed by atoms with Crippen LogP contribution in [0.1, 0.15) is 32.6 Å². The number of carbonyl (C=O) groups excluding carboxylic acids is 3. The molecule has 1 aromatic carbocycles. The monoisotopic (exact) mass is 411 g/mol. The quantitative estimate of drug-likeness (QED) is 0.750. The van der Waals surface area contributed by atoms with Gasteiger partial charge >= 0.3 is 6.03 Å². The summed E-state index contributed by atoms with van der Waals surface area (Å²) in [6.07, 6.45) is 3.32. The Labute approximate surface area is 153 Å². The van der Waals surface area contributed by atoms with E-state index in [0.717, 1.165) is 24.2 Å². The first-order chi connectivity index (χ1) is 11.8. The fraction of sp³-hybridized carbons (Fsp3) is 0.471. The number of nitrogens with one attached hydrogen (secondary N) is 2. The third-order valence-electron chi connectivity index (χ3n) is 5.01. The van der Waals surface area contributed by atoms with Crippen molar-refractivity contribution in [1.82, 2.24) is 10.2 Å². The molecule has 1 spiro atoms. The van der Waals surface area contributed by atoms with Crippen molar-refractivity contribution in [3.05, 3.63) is 28.5 Å². The summed E-state index contributed by atoms with van der Waals surface area (Å²) in [6.45, 7) is 1.51. The van der Waals surface area contributed by atoms with E-state index >= 15 is 0 Å². The second kappa shape index (κ2) is 6.74. The van der Waals surface area contributed by atoms with E-state index in [0.29, 0.717) is 10.9 Å². The first-order valence-corrected chi connectivity index (χ1v) is 9.02. The molecule has 1 saturated heterocycles. The number of rotatable bonds is 3. The number of imide groups is 1. The molecule has 134 valence electrons. The smallest absolute Gasteiger partial charge is 0.323 e. The fourth-order valence-electron chi connectivity index (χ4n) is 3.56. The molecule has 1 aromatic rings. The predicted octanol–water partition coefficient (Wildman–Crippen LogP) is 3.03. The molecule has 2 atom stereocenters. The Kier molecular flexibility index (Phi) is 4.81. The highest BCUT2D eigenvalue weighted by atomic mass is 79.9. The van der Waals surface area contributed by atoms with E-state index in [4.69, 9.17) is 0 Å². The molecule has 0 aromatic heterocycles. The number of benzene rings is 1. The zero-order valence-corrected chi connectivity index (χ0v) is 15.4. The largest absolute Gasteiger partial charge is 0.325 e. The van der Waals surface area contributed by atoms with Crippen LogP contribution in [0, 0.1) is 11.7 Å². The number of hydrogen-bond donors (Lipinski definition) is 2. The number of anilines is 1. The summed E-state index contributed by atoms with van der Waals surface area (Å²) >= 11 is 3.14. The molecule has 2 fully saturated rings. The van der Waals surface area contributed by atoms with Crippen molar-refractivity contribution in [3.8, 4) is 0 Å². The van der Waals surface area contributed by atoms with Crippen LogP contribution in [-0.4, -0.2) is 34.8 Å². The lowest BCUT2D eigenvalue weighted by molar-refractivity contribution is -0.136. The van der Waals surface area contributed by atoms with E-state index in [1.807, 2.05) is 6.92 Å². The molecule has 0 unspecified atom stereocenters. The maximum atomic E-state index is 13.8. The average molecular weight is 412 g/mol. The Bertz CT molecular complexity index is 742. The van der Waals surface area contributed by atoms with E-state index < -0.39 is 29.8 Å². The average Bonchev–Trinajstić information content (AvgIpc) is 2.78. The van der Waals surface area contributed by atoms with Gasteiger partial charge < -0.3 is 10.6 Å². The van der Waals surface area contributed by atoms with E-state index in [9.17, 15) is 18.8 Å². The number of amides is 4. The van der Waals surface area contributed by atoms with Crippen molar-refractivity contribution < 1.29 is 18.8 Å². The van der Waals surface area contributed by atoms with Crippen molar-refractivity contribution in [3.63, 3.8) is 0 Å². The second-order valence-electron chi connectivity index (χ2n) is 6.61. The molecular weight excluding hydrogens is 393 g/mol. The molecule has 25 heavy (non-hydrogen) atoms. The van der Waals surface area contributed by atoms with Gasteiger partial charge in [0.2, 0.25) is 5.91 Å². The molecule has 1 saturated carbocycles. The standard InChI is InChI=1S/C17H19BrFN3O3/c1-10-4-2-3-7-17(10)15(24)22(16(25)21-17)9-14(23)20-13-6-5-11(18)8-12(13)19/h5-6,8,10H,2-4,7,9H2,1H3,(H,20,23)(H,21,25)/t10-,17-/m0/s1. The number of halogens is 2. The lowest BCUT2D eigenvalue weighted by atomic mass is 9.73. The Balaban J connectivity index is 1.71. The first-order valence-electron chi connectivity index (χ1n) is 8.22. The topological polar surface area (TPSA) is 78.5 Å². The van der Waals surface area contributed by atoms with Crippen LogP contribution in [0.4, 0.5) is 14.9 Å². The molecule has 3 rings (SSSR count). The van der Waals surface area contributed by atoms with E-state index in [1.165, 1.54) is 12.1 Å². The van der Waals surface area contributed by atoms with Crippen molar-refractivity contribution in [2.45, 2.75) is 38.1 Å². The summed E-state index contributed by atoms with van der Waals surface area (Å²) < 4.78 is 14.4. The minimum atomic E-state index is -0.904. The third-order valence-corrected chi connectivity index (χ3v) is 5.50. The highest BCUT2D eigenvalue weighted by Crippen LogP contribution is 2.38. The van der Waals surface area contributed by atoms with Crippen molar-refractivity contribution in [2.24, 2.45) is 5.92 Å². The Morgan fingerprint density at radius 2 is 2.20 bits per heavy atom. The van der Waals surface area contributed by atoms with Gasteiger partial charge in [0.1, 0.15) is 17.9 Å². The number of carbonyl (C=O) groups is 3. The SMILES string of the molecule is C[C@H]1CCCC[C@]12NC(=O)N(CC(=O)Nc1ccc(Br)cc1F)C2=O. The summed E-state index contributed by atoms with van der Waals surface area (Å²) in [7, 11) is 0. The van der Waals surface area contributed by atoms with Crippen molar-refractivity contribution in [2.75, 3.05) is 11.9 Å². The van der Waals surface area contributed by atoms with Crippen molar-refractivity contribution in [1.29, 1.82) is 0 Å². The Hall–Kier alpha value is -1.96. The molecular formula is C17H19BrFN3O3. The molecule has 2 N–H and O–H groups in total. The minimum Gasteiger partial charge on any atom is -0.323 e. The highest BCUT2D eigenvalue weighted by Gasteiger charge is 2.55. The van der Waals surface area contributed by atoms with E-state index in [2.05, 4.69) is 26.6 Å². The maximum Gasteiger partial charge on any atom is 0.325 e. The van der Waals surface area contributed by atoms with Gasteiger partial charge in [0, 0.05) is 4.47 Å². The molecule has 1 heterocycles. The normalized spacial score (nSPS) is 26.0. The fourth-order valence-corrected chi connectivity index (χ4v) is 3.90. The lowest BCUT2D eigenvalue weighted by Gasteiger charge is -2.36. The molecule has 0 bridgehead atoms. The predicted molar refractivity (Wildman–Crippen MR) is 93.3 cm³/mol. The maximum absolute atomic E-state index is 13.8. The van der Waals surface area contributed by atoms with Gasteiger partial charge in [0.25, 0.3) is 5.91 Å². The number of hydrogen-bond acceptors (Lipinski definition) is 3. The van der Waals surface area contributed by atoms with Crippen LogP contribution < -0.4 is 10.6 Å². The molecule has 0 radical (unpaired) electrons. The molecule has 1 aliphatic heterocycles. The van der Waals surface area contributed by atoms with Gasteiger partial charge in [0.05, 0.1) is 5.69 Å². The van der Waals surface area contributed by atoms with Crippen LogP contribution in [0.5, 0.6) is 0 Å². The summed E-state index contributed by atoms with van der Waals surface area (Å²) in [5, 5.41) is 5.18. The zero-order valence-electron chi connectivity index (χ0n) is 13.8. The molecule has 8 heteroatoms. The Morgan fingerprint density at radius 3 is 2.88 bits per heavy atom. The first kappa shape index (κ1) is 17.8. The van der Waals surface area contributed by atoms with E-state index in [1.54, 1.807) is 6.07 Å². The minimum absolute atomic E-state index is 0.000928. The summed E-state index contributed by atoms with van der Waals surface area (Å²) in [5.74, 6) is -1.56. The molecule has 6 nitrogen and oxygen atoms in total. The summed E-state index contributed by atoms with van der Waals surface area (Å²) in [4.78, 5) is 38.1. The lowest BCUT2D eigenvalue weighted by Crippen LogP contribution is -2.54. The van der Waals surface area contributed by atoms with Gasteiger partial charge in [-0.2, -0.15) is 0 Å². The van der Waals surface area contributed by atoms with Crippen LogP contribution in [0.2, 0.25) is 0 Å². The van der Waals surface area contributed by atoms with Crippen molar-refractivity contribution >= 4 is 39.5 Å². The summed E-state index contributed by atoms with van der Waals surface area (Å²) in [6, 6.07) is 3.66. The molecule has 4 amide bonds. The van der Waals surface area contributed by atoms with Crippen LogP contribution >= 0.6 is 15.9 Å². The van der Waals surface area contributed by atoms with Gasteiger partial charge in [-0.1, -0.05) is 35.7 Å². The van der Waals surface area contributed by atoms with Crippen LogP contribution in [0.25, 0.3) is 0 Å². The second-order valence-corrected chi connectivity index (χ2v) is 7.53. The van der Waals surface area contributed by atoms with Gasteiger partial charge in [-0.15, -0.1) is 0 Å². The molecule has 1 aliphatic carbocycles. The van der Waals surface area contributed by atoms with Gasteiger partial charge in [-0.25, -0.2) is 9.18 Å². The van der Waals surface area contributed by atoms with Gasteiger partial charge in [0.15, 0.2) is 0 Å². The Morgan fingerprint density at radius 1 is 1.44 bits per heavy atom. The van der Waals surface area contributed by atoms with E-state index in [-0.39, 0.29) is 17.5 Å². The third kappa shape index (κ3) is 3.27. The highest BCUT2D eigenvalue weighted by molar-refractivity contribution is 9.10. The molecule has 2 aliphatic rings. The van der Waals surface area contributed by atoms with Crippen LogP contribution in [-0.2, 0) is 9.59 Å². The number of urea groups is 1. The van der Waals surface area contributed by atoms with Gasteiger partial charge in [-0.05, 0) is 37.0 Å². The zero-order chi connectivity index (χ0) is 18.2. The van der Waals surface area contributed by atoms with Gasteiger partial charge in [-0.3, -0.25) is 14.5 Å². The van der Waals surface area contributed by atoms with Crippen LogP contribution in [0.3, 0.4) is 0 Å². The number of nitrogens with zero attached hydrogens (tertiary/aromatic N) is 1.